The zero-order chi connectivity index (χ0) is 14.3. The van der Waals surface area contributed by atoms with E-state index in [1.807, 2.05) is 5.43 Å². The van der Waals surface area contributed by atoms with Crippen LogP contribution in [0.5, 0.6) is 0 Å². The van der Waals surface area contributed by atoms with Gasteiger partial charge in [0.05, 0.1) is 4.92 Å². The molecule has 0 aliphatic rings. The Labute approximate surface area is 107 Å². The molecule has 0 radical (unpaired) electrons. The van der Waals surface area contributed by atoms with Gasteiger partial charge in [-0.2, -0.15) is 0 Å². The molecule has 0 bridgehead atoms. The van der Waals surface area contributed by atoms with E-state index in [9.17, 15) is 19.7 Å². The van der Waals surface area contributed by atoms with Crippen molar-refractivity contribution in [2.75, 3.05) is 6.54 Å². The predicted octanol–water partition coefficient (Wildman–Crippen LogP) is 0.410. The van der Waals surface area contributed by atoms with Crippen LogP contribution in [-0.4, -0.2) is 28.6 Å². The van der Waals surface area contributed by atoms with Crippen molar-refractivity contribution in [1.82, 2.24) is 10.9 Å². The molecule has 0 aliphatic heterocycles. The van der Waals surface area contributed by atoms with E-state index in [0.29, 0.717) is 5.56 Å². The third-order valence-corrected chi connectivity index (χ3v) is 1.95. The molecule has 0 atom stereocenters. The van der Waals surface area contributed by atoms with Crippen LogP contribution in [0.4, 0.5) is 10.5 Å². The fraction of sp³-hybridized carbons (Fsp3) is 0.200. The lowest BCUT2D eigenvalue weighted by atomic mass is 10.2. The van der Waals surface area contributed by atoms with Gasteiger partial charge in [-0.3, -0.25) is 20.3 Å². The van der Waals surface area contributed by atoms with Crippen molar-refractivity contribution in [2.24, 2.45) is 0 Å². The Kier molecular flexibility index (Phi) is 5.23. The van der Waals surface area contributed by atoms with Gasteiger partial charge in [0.1, 0.15) is 13.2 Å². The van der Waals surface area contributed by atoms with Crippen molar-refractivity contribution in [3.63, 3.8) is 0 Å². The van der Waals surface area contributed by atoms with Gasteiger partial charge in [-0.1, -0.05) is 0 Å². The highest BCUT2D eigenvalue weighted by Gasteiger charge is 2.06. The smallest absolute Gasteiger partial charge is 0.421 e. The molecule has 0 unspecified atom stereocenters. The summed E-state index contributed by atoms with van der Waals surface area (Å²) in [4.78, 5) is 31.1. The molecule has 0 aliphatic carbocycles. The van der Waals surface area contributed by atoms with Crippen LogP contribution in [0, 0.1) is 10.1 Å². The van der Waals surface area contributed by atoms with Crippen molar-refractivity contribution < 1.29 is 24.4 Å². The van der Waals surface area contributed by atoms with Crippen LogP contribution < -0.4 is 10.9 Å². The van der Waals surface area contributed by atoms with Crippen LogP contribution in [0.3, 0.4) is 0 Å². The van der Waals surface area contributed by atoms with E-state index < -0.39 is 23.5 Å². The highest BCUT2D eigenvalue weighted by atomic mass is 16.6. The molecule has 0 aromatic heterocycles. The molecule has 0 saturated carbocycles. The van der Waals surface area contributed by atoms with E-state index in [4.69, 9.17) is 9.84 Å². The molecule has 1 aromatic rings. The minimum atomic E-state index is -1.13. The maximum absolute atomic E-state index is 11.1. The first kappa shape index (κ1) is 14.4. The Bertz CT molecular complexity index is 473. The zero-order valence-corrected chi connectivity index (χ0v) is 9.66. The number of nitrogens with one attached hydrogen (secondary N) is 2. The molecule has 1 aromatic carbocycles. The largest absolute Gasteiger partial charge is 0.480 e. The number of carbonyl (C=O) groups excluding carboxylic acids is 1. The Morgan fingerprint density at radius 2 is 1.95 bits per heavy atom. The highest BCUT2D eigenvalue weighted by Crippen LogP contribution is 2.12. The van der Waals surface area contributed by atoms with E-state index in [2.05, 4.69) is 5.43 Å². The first-order valence-corrected chi connectivity index (χ1v) is 5.10. The number of hydrogen-bond donors (Lipinski definition) is 3. The lowest BCUT2D eigenvalue weighted by Crippen LogP contribution is -2.40. The summed E-state index contributed by atoms with van der Waals surface area (Å²) in [6.07, 6.45) is -0.848. The second kappa shape index (κ2) is 6.91. The summed E-state index contributed by atoms with van der Waals surface area (Å²) in [5.41, 5.74) is 4.65. The van der Waals surface area contributed by atoms with Gasteiger partial charge in [-0.05, 0) is 17.7 Å². The lowest BCUT2D eigenvalue weighted by molar-refractivity contribution is -0.384. The van der Waals surface area contributed by atoms with Gasteiger partial charge in [0, 0.05) is 12.1 Å². The fourth-order valence-electron chi connectivity index (χ4n) is 1.09. The number of hydrogen-bond acceptors (Lipinski definition) is 6. The Morgan fingerprint density at radius 1 is 1.32 bits per heavy atom. The SMILES string of the molecule is O=C(O)CNNC(=O)OCc1ccc([N+](=O)[O-])cc1. The number of ether oxygens (including phenoxy) is 1. The number of non-ortho nitro benzene ring substituents is 1. The summed E-state index contributed by atoms with van der Waals surface area (Å²) in [5, 5.41) is 18.7. The third-order valence-electron chi connectivity index (χ3n) is 1.95. The summed E-state index contributed by atoms with van der Waals surface area (Å²) >= 11 is 0. The molecule has 0 saturated heterocycles. The molecule has 1 rings (SSSR count). The summed E-state index contributed by atoms with van der Waals surface area (Å²) < 4.78 is 4.73. The average molecular weight is 269 g/mol. The van der Waals surface area contributed by atoms with Crippen LogP contribution in [0.1, 0.15) is 5.56 Å². The Balaban J connectivity index is 2.33. The van der Waals surface area contributed by atoms with Crippen LogP contribution in [0.15, 0.2) is 24.3 Å². The van der Waals surface area contributed by atoms with Crippen LogP contribution in [0.2, 0.25) is 0 Å². The molecule has 1 amide bonds. The number of carboxylic acids is 1. The molecule has 9 nitrogen and oxygen atoms in total. The highest BCUT2D eigenvalue weighted by molar-refractivity contribution is 5.70. The molecular formula is C10H11N3O6. The quantitative estimate of drug-likeness (QED) is 0.503. The molecule has 19 heavy (non-hydrogen) atoms. The average Bonchev–Trinajstić information content (AvgIpc) is 2.36. The van der Waals surface area contributed by atoms with Gasteiger partial charge < -0.3 is 9.84 Å². The minimum absolute atomic E-state index is 0.0590. The maximum atomic E-state index is 11.1. The maximum Gasteiger partial charge on any atom is 0.421 e. The Morgan fingerprint density at radius 3 is 2.47 bits per heavy atom. The van der Waals surface area contributed by atoms with Gasteiger partial charge in [-0.15, -0.1) is 0 Å². The van der Waals surface area contributed by atoms with E-state index in [0.717, 1.165) is 0 Å². The van der Waals surface area contributed by atoms with E-state index in [1.165, 1.54) is 24.3 Å². The second-order valence-corrected chi connectivity index (χ2v) is 3.37. The number of carboxylic acid groups (broad SMARTS) is 1. The number of rotatable bonds is 6. The number of nitro benzene ring substituents is 1. The first-order chi connectivity index (χ1) is 8.99. The van der Waals surface area contributed by atoms with Gasteiger partial charge in [-0.25, -0.2) is 10.2 Å². The topological polar surface area (TPSA) is 131 Å². The van der Waals surface area contributed by atoms with Gasteiger partial charge in [0.25, 0.3) is 5.69 Å². The molecule has 102 valence electrons. The van der Waals surface area contributed by atoms with Crippen LogP contribution in [0.25, 0.3) is 0 Å². The number of nitrogens with zero attached hydrogens (tertiary/aromatic N) is 1. The Hall–Kier alpha value is -2.68. The standard InChI is InChI=1S/C10H11N3O6/c14-9(15)5-11-12-10(16)19-6-7-1-3-8(4-2-7)13(17)18/h1-4,11H,5-6H2,(H,12,16)(H,14,15). The van der Waals surface area contributed by atoms with E-state index >= 15 is 0 Å². The number of nitro groups is 1. The zero-order valence-electron chi connectivity index (χ0n) is 9.66. The summed E-state index contributed by atoms with van der Waals surface area (Å²) in [7, 11) is 0. The summed E-state index contributed by atoms with van der Waals surface area (Å²) in [6, 6.07) is 5.49. The van der Waals surface area contributed by atoms with Crippen LogP contribution in [-0.2, 0) is 16.1 Å². The number of hydrazine groups is 1. The van der Waals surface area contributed by atoms with E-state index in [1.54, 1.807) is 0 Å². The number of aliphatic carboxylic acids is 1. The first-order valence-electron chi connectivity index (χ1n) is 5.10. The molecular weight excluding hydrogens is 258 g/mol. The summed E-state index contributed by atoms with van der Waals surface area (Å²) in [6.45, 7) is -0.523. The lowest BCUT2D eigenvalue weighted by Gasteiger charge is -2.06. The number of carbonyl (C=O) groups is 2. The van der Waals surface area contributed by atoms with Gasteiger partial charge in [0.15, 0.2) is 0 Å². The normalized spacial score (nSPS) is 9.68. The van der Waals surface area contributed by atoms with Crippen molar-refractivity contribution in [1.29, 1.82) is 0 Å². The molecule has 0 fully saturated rings. The number of benzene rings is 1. The van der Waals surface area contributed by atoms with Gasteiger partial charge in [0.2, 0.25) is 0 Å². The van der Waals surface area contributed by atoms with E-state index in [-0.39, 0.29) is 12.3 Å². The van der Waals surface area contributed by atoms with Crippen molar-refractivity contribution in [2.45, 2.75) is 6.61 Å². The minimum Gasteiger partial charge on any atom is -0.480 e. The third kappa shape index (κ3) is 5.46. The van der Waals surface area contributed by atoms with Crippen LogP contribution >= 0.6 is 0 Å². The number of amides is 1. The van der Waals surface area contributed by atoms with Crippen molar-refractivity contribution in [3.05, 3.63) is 39.9 Å². The molecule has 9 heteroatoms. The van der Waals surface area contributed by atoms with Gasteiger partial charge >= 0.3 is 12.1 Å². The second-order valence-electron chi connectivity index (χ2n) is 3.37. The van der Waals surface area contributed by atoms with Crippen molar-refractivity contribution >= 4 is 17.7 Å². The molecule has 0 heterocycles. The monoisotopic (exact) mass is 269 g/mol. The fourth-order valence-corrected chi connectivity index (χ4v) is 1.09. The van der Waals surface area contributed by atoms with Crippen molar-refractivity contribution in [3.8, 4) is 0 Å². The summed E-state index contributed by atoms with van der Waals surface area (Å²) in [5.74, 6) is -1.13. The molecule has 0 spiro atoms. The molecule has 3 N–H and O–H groups in total. The predicted molar refractivity (Wildman–Crippen MR) is 62.1 cm³/mol.